The molecular formula is C36H48O19. The minimum absolute atomic E-state index is 0.00299. The number of phenols is 3. The summed E-state index contributed by atoms with van der Waals surface area (Å²) >= 11 is 0. The Hall–Kier alpha value is -3.51. The van der Waals surface area contributed by atoms with Gasteiger partial charge in [0.2, 0.25) is 0 Å². The maximum Gasteiger partial charge on any atom is 0.331 e. The molecule has 0 spiro atoms. The number of esters is 1. The Bertz CT molecular complexity index is 1560. The largest absolute Gasteiger partial charge is 0.508 e. The van der Waals surface area contributed by atoms with Crippen molar-refractivity contribution in [1.29, 1.82) is 0 Å². The second-order valence-corrected chi connectivity index (χ2v) is 13.5. The number of carbonyl (C=O) groups is 1. The number of aliphatic hydroxyl groups is 8. The number of ether oxygens (including phenoxy) is 7. The molecule has 306 valence electrons. The number of hydrogen-bond acceptors (Lipinski definition) is 19. The van der Waals surface area contributed by atoms with Gasteiger partial charge in [-0.25, -0.2) is 4.79 Å². The molecule has 0 aromatic heterocycles. The molecule has 0 bridgehead atoms. The molecule has 3 fully saturated rings. The Balaban J connectivity index is 1.40. The fourth-order valence-electron chi connectivity index (χ4n) is 6.31. The van der Waals surface area contributed by atoms with Gasteiger partial charge in [-0.15, -0.1) is 0 Å². The highest BCUT2D eigenvalue weighted by Crippen LogP contribution is 2.31. The Kier molecular flexibility index (Phi) is 14.8. The van der Waals surface area contributed by atoms with Gasteiger partial charge in [-0.05, 0) is 54.8 Å². The third-order valence-corrected chi connectivity index (χ3v) is 9.56. The predicted molar refractivity (Wildman–Crippen MR) is 183 cm³/mol. The van der Waals surface area contributed by atoms with Crippen molar-refractivity contribution in [3.8, 4) is 17.2 Å². The maximum absolute atomic E-state index is 13.3. The fourth-order valence-corrected chi connectivity index (χ4v) is 6.31. The Morgan fingerprint density at radius 2 is 1.31 bits per heavy atom. The van der Waals surface area contributed by atoms with Crippen LogP contribution in [0.4, 0.5) is 0 Å². The normalized spacial score (nSPS) is 36.9. The van der Waals surface area contributed by atoms with Gasteiger partial charge in [0.1, 0.15) is 72.9 Å². The van der Waals surface area contributed by atoms with E-state index in [-0.39, 0.29) is 30.3 Å². The molecule has 0 radical (unpaired) electrons. The standard InChI is InChI=1S/C36H48O19/c1-16-26(42)29(45)28(44)23(52-16)14-50-34-32(48)36(49-11-10-18-4-8-20(39)21(40)12-18)54-24(15-51-35-31(47)30(46)27(43)22(13-37)53-35)33(34)55-25(41)9-5-17-2-6-19(38)7-3-17/h2-9,12,16,22-24,26-40,42-48H,10-11,13-15H2,1H3. The summed E-state index contributed by atoms with van der Waals surface area (Å²) in [5.74, 6) is -1.67. The van der Waals surface area contributed by atoms with E-state index in [1.807, 2.05) is 0 Å². The maximum atomic E-state index is 13.3. The van der Waals surface area contributed by atoms with Crippen molar-refractivity contribution >= 4 is 12.0 Å². The summed E-state index contributed by atoms with van der Waals surface area (Å²) < 4.78 is 40.5. The van der Waals surface area contributed by atoms with E-state index >= 15 is 0 Å². The van der Waals surface area contributed by atoms with Gasteiger partial charge in [-0.2, -0.15) is 0 Å². The summed E-state index contributed by atoms with van der Waals surface area (Å²) in [4.78, 5) is 13.3. The van der Waals surface area contributed by atoms with Gasteiger partial charge in [0.25, 0.3) is 0 Å². The van der Waals surface area contributed by atoms with E-state index in [9.17, 15) is 61.0 Å². The van der Waals surface area contributed by atoms with E-state index in [4.69, 9.17) is 33.2 Å². The van der Waals surface area contributed by atoms with Gasteiger partial charge in [0.05, 0.1) is 32.5 Å². The summed E-state index contributed by atoms with van der Waals surface area (Å²) in [6.45, 7) is -0.538. The predicted octanol–water partition coefficient (Wildman–Crippen LogP) is -2.85. The molecule has 19 heteroatoms. The summed E-state index contributed by atoms with van der Waals surface area (Å²) in [5, 5.41) is 113. The highest BCUT2D eigenvalue weighted by Gasteiger charge is 2.51. The van der Waals surface area contributed by atoms with E-state index < -0.39 is 118 Å². The zero-order valence-electron chi connectivity index (χ0n) is 29.6. The molecule has 0 saturated carbocycles. The van der Waals surface area contributed by atoms with Crippen LogP contribution in [-0.4, -0.2) is 181 Å². The first-order valence-electron chi connectivity index (χ1n) is 17.6. The van der Waals surface area contributed by atoms with Crippen LogP contribution in [0, 0.1) is 0 Å². The van der Waals surface area contributed by atoms with Crippen LogP contribution >= 0.6 is 0 Å². The van der Waals surface area contributed by atoms with Crippen molar-refractivity contribution in [2.75, 3.05) is 26.4 Å². The monoisotopic (exact) mass is 784 g/mol. The molecular weight excluding hydrogens is 736 g/mol. The number of benzene rings is 2. The van der Waals surface area contributed by atoms with Gasteiger partial charge < -0.3 is 89.3 Å². The van der Waals surface area contributed by atoms with Crippen LogP contribution in [0.2, 0.25) is 0 Å². The van der Waals surface area contributed by atoms with E-state index in [0.717, 1.165) is 6.08 Å². The van der Waals surface area contributed by atoms with Gasteiger partial charge in [0, 0.05) is 6.08 Å². The molecule has 2 aromatic rings. The van der Waals surface area contributed by atoms with Crippen molar-refractivity contribution in [1.82, 2.24) is 0 Å². The molecule has 3 aliphatic heterocycles. The minimum Gasteiger partial charge on any atom is -0.508 e. The van der Waals surface area contributed by atoms with Gasteiger partial charge >= 0.3 is 5.97 Å². The van der Waals surface area contributed by atoms with Crippen LogP contribution < -0.4 is 0 Å². The molecule has 3 heterocycles. The molecule has 19 nitrogen and oxygen atoms in total. The Labute approximate surface area is 314 Å². The number of rotatable bonds is 14. The van der Waals surface area contributed by atoms with Crippen molar-refractivity contribution in [2.24, 2.45) is 0 Å². The van der Waals surface area contributed by atoms with Crippen molar-refractivity contribution in [3.63, 3.8) is 0 Å². The second kappa shape index (κ2) is 19.1. The van der Waals surface area contributed by atoms with Crippen LogP contribution in [0.3, 0.4) is 0 Å². The molecule has 0 amide bonds. The quantitative estimate of drug-likeness (QED) is 0.0522. The smallest absolute Gasteiger partial charge is 0.331 e. The van der Waals surface area contributed by atoms with Gasteiger partial charge in [-0.3, -0.25) is 0 Å². The Morgan fingerprint density at radius 1 is 0.673 bits per heavy atom. The van der Waals surface area contributed by atoms with Gasteiger partial charge in [-0.1, -0.05) is 18.2 Å². The molecule has 5 rings (SSSR count). The Morgan fingerprint density at radius 3 is 2.00 bits per heavy atom. The van der Waals surface area contributed by atoms with E-state index in [1.165, 1.54) is 55.5 Å². The van der Waals surface area contributed by atoms with Crippen LogP contribution in [0.1, 0.15) is 18.1 Å². The summed E-state index contributed by atoms with van der Waals surface area (Å²) in [7, 11) is 0. The number of phenolic OH excluding ortho intramolecular Hbond substituents is 3. The first kappa shape index (κ1) is 42.6. The van der Waals surface area contributed by atoms with Crippen LogP contribution in [0.25, 0.3) is 6.08 Å². The lowest BCUT2D eigenvalue weighted by atomic mass is 9.95. The highest BCUT2D eigenvalue weighted by atomic mass is 16.7. The molecule has 0 aliphatic carbocycles. The summed E-state index contributed by atoms with van der Waals surface area (Å²) in [5.41, 5.74) is 1.06. The van der Waals surface area contributed by atoms with Crippen LogP contribution in [0.15, 0.2) is 48.5 Å². The van der Waals surface area contributed by atoms with Crippen molar-refractivity contribution < 1.29 is 94.1 Å². The second-order valence-electron chi connectivity index (χ2n) is 13.5. The molecule has 11 N–H and O–H groups in total. The molecule has 15 atom stereocenters. The van der Waals surface area contributed by atoms with Crippen molar-refractivity contribution in [3.05, 3.63) is 59.7 Å². The minimum atomic E-state index is -1.81. The average molecular weight is 785 g/mol. The van der Waals surface area contributed by atoms with Crippen LogP contribution in [0.5, 0.6) is 17.2 Å². The summed E-state index contributed by atoms with van der Waals surface area (Å²) in [6.07, 6.45) is -20.2. The van der Waals surface area contributed by atoms with Crippen LogP contribution in [-0.2, 0) is 44.4 Å². The molecule has 3 aliphatic rings. The van der Waals surface area contributed by atoms with Crippen molar-refractivity contribution in [2.45, 2.75) is 105 Å². The molecule has 3 saturated heterocycles. The highest BCUT2D eigenvalue weighted by molar-refractivity contribution is 5.87. The lowest BCUT2D eigenvalue weighted by Crippen LogP contribution is -2.64. The molecule has 55 heavy (non-hydrogen) atoms. The number of aliphatic hydroxyl groups excluding tert-OH is 8. The zero-order valence-corrected chi connectivity index (χ0v) is 29.6. The molecule has 15 unspecified atom stereocenters. The van der Waals surface area contributed by atoms with E-state index in [2.05, 4.69) is 0 Å². The third kappa shape index (κ3) is 10.5. The first-order valence-corrected chi connectivity index (χ1v) is 17.6. The molecule has 2 aromatic carbocycles. The lowest BCUT2D eigenvalue weighted by molar-refractivity contribution is -0.336. The average Bonchev–Trinajstić information content (AvgIpc) is 3.16. The van der Waals surface area contributed by atoms with Gasteiger partial charge in [0.15, 0.2) is 30.2 Å². The fraction of sp³-hybridized carbons (Fsp3) is 0.583. The number of carbonyl (C=O) groups excluding carboxylic acids is 1. The number of hydrogen-bond donors (Lipinski definition) is 11. The van der Waals surface area contributed by atoms with E-state index in [0.29, 0.717) is 11.1 Å². The SMILES string of the molecule is CC1OC(COC2C(O)C(OCCc3ccc(O)c(O)c3)OC(COC3OC(CO)C(O)C(O)C3O)C2OC(=O)C=Cc2ccc(O)cc2)C(O)C(O)C1O. The third-order valence-electron chi connectivity index (χ3n) is 9.56. The zero-order chi connectivity index (χ0) is 40.0. The lowest BCUT2D eigenvalue weighted by Gasteiger charge is -2.45. The summed E-state index contributed by atoms with van der Waals surface area (Å²) in [6, 6.07) is 9.97. The van der Waals surface area contributed by atoms with E-state index in [1.54, 1.807) is 0 Å². The number of aromatic hydroxyl groups is 3. The first-order chi connectivity index (χ1) is 26.2. The topological polar surface area (TPSA) is 304 Å².